The Hall–Kier alpha value is -1.88. The van der Waals surface area contributed by atoms with Crippen LogP contribution >= 0.6 is 0 Å². The molecule has 0 aromatic heterocycles. The average Bonchev–Trinajstić information content (AvgIpc) is 2.42. The molecule has 0 saturated heterocycles. The molecule has 1 aliphatic rings. The predicted octanol–water partition coefficient (Wildman–Crippen LogP) is 0.503. The number of amides is 1. The van der Waals surface area contributed by atoms with Gasteiger partial charge in [0.25, 0.3) is 0 Å². The van der Waals surface area contributed by atoms with E-state index in [0.29, 0.717) is 13.0 Å². The van der Waals surface area contributed by atoms with Crippen LogP contribution in [0.15, 0.2) is 24.3 Å². The number of benzene rings is 1. The first kappa shape index (κ1) is 11.6. The zero-order valence-corrected chi connectivity index (χ0v) is 9.30. The minimum Gasteiger partial charge on any atom is -0.481 e. The van der Waals surface area contributed by atoms with Gasteiger partial charge in [-0.25, -0.2) is 5.84 Å². The van der Waals surface area contributed by atoms with Gasteiger partial charge in [0.05, 0.1) is 12.3 Å². The van der Waals surface area contributed by atoms with Crippen LogP contribution in [0.1, 0.15) is 23.5 Å². The van der Waals surface area contributed by atoms with E-state index in [1.54, 1.807) is 6.07 Å². The van der Waals surface area contributed by atoms with E-state index in [1.165, 1.54) is 0 Å². The topological polar surface area (TPSA) is 83.6 Å². The Labute approximate surface area is 98.8 Å². The van der Waals surface area contributed by atoms with E-state index in [1.807, 2.05) is 18.2 Å². The van der Waals surface area contributed by atoms with Gasteiger partial charge in [0.15, 0.2) is 0 Å². The lowest BCUT2D eigenvalue weighted by molar-refractivity contribution is -0.142. The lowest BCUT2D eigenvalue weighted by Gasteiger charge is -2.18. The summed E-state index contributed by atoms with van der Waals surface area (Å²) in [5.41, 5.74) is 1.79. The molecular weight excluding hydrogens is 220 g/mol. The molecule has 1 aliphatic heterocycles. The molecule has 1 heterocycles. The molecule has 5 heteroatoms. The van der Waals surface area contributed by atoms with Crippen LogP contribution in [0.25, 0.3) is 0 Å². The fraction of sp³-hybridized carbons (Fsp3) is 0.333. The number of carbonyl (C=O) groups is 2. The maximum atomic E-state index is 12.0. The summed E-state index contributed by atoms with van der Waals surface area (Å²) < 4.78 is 0. The second kappa shape index (κ2) is 4.55. The van der Waals surface area contributed by atoms with Crippen molar-refractivity contribution in [3.8, 4) is 0 Å². The highest BCUT2D eigenvalue weighted by Crippen LogP contribution is 2.28. The van der Waals surface area contributed by atoms with Crippen LogP contribution in [-0.4, -0.2) is 28.5 Å². The smallest absolute Gasteiger partial charge is 0.304 e. The number of carboxylic acid groups (broad SMARTS) is 1. The number of carbonyl (C=O) groups excluding carboxylic acids is 1. The zero-order valence-electron chi connectivity index (χ0n) is 9.30. The van der Waals surface area contributed by atoms with Crippen molar-refractivity contribution in [3.05, 3.63) is 35.4 Å². The molecule has 1 aromatic rings. The fourth-order valence-electron chi connectivity index (χ4n) is 2.16. The number of nitrogens with zero attached hydrogens (tertiary/aromatic N) is 1. The highest BCUT2D eigenvalue weighted by atomic mass is 16.4. The van der Waals surface area contributed by atoms with Gasteiger partial charge >= 0.3 is 5.97 Å². The largest absolute Gasteiger partial charge is 0.481 e. The van der Waals surface area contributed by atoms with Gasteiger partial charge in [-0.1, -0.05) is 24.3 Å². The van der Waals surface area contributed by atoms with Crippen LogP contribution in [-0.2, 0) is 16.0 Å². The number of hydrazine groups is 1. The van der Waals surface area contributed by atoms with Crippen LogP contribution in [0.2, 0.25) is 0 Å². The number of carboxylic acids is 1. The molecule has 0 bridgehead atoms. The maximum absolute atomic E-state index is 12.0. The Morgan fingerprint density at radius 2 is 2.18 bits per heavy atom. The highest BCUT2D eigenvalue weighted by molar-refractivity contribution is 5.88. The van der Waals surface area contributed by atoms with Crippen molar-refractivity contribution in [2.24, 2.45) is 5.84 Å². The molecule has 0 unspecified atom stereocenters. The molecule has 0 radical (unpaired) electrons. The van der Waals surface area contributed by atoms with Crippen molar-refractivity contribution in [1.29, 1.82) is 0 Å². The minimum atomic E-state index is -0.992. The quantitative estimate of drug-likeness (QED) is 0.576. The number of hydrogen-bond acceptors (Lipinski definition) is 3. The summed E-state index contributed by atoms with van der Waals surface area (Å²) in [6, 6.07) is 7.41. The summed E-state index contributed by atoms with van der Waals surface area (Å²) in [6.07, 6.45) is 0.443. The van der Waals surface area contributed by atoms with Gasteiger partial charge in [-0.05, 0) is 17.5 Å². The summed E-state index contributed by atoms with van der Waals surface area (Å²) >= 11 is 0. The number of hydrogen-bond donors (Lipinski definition) is 2. The second-order valence-electron chi connectivity index (χ2n) is 4.13. The SMILES string of the molecule is NN1CCc2ccccc2[C@H](CC(=O)O)C1=O. The summed E-state index contributed by atoms with van der Waals surface area (Å²) in [7, 11) is 0. The Bertz CT molecular complexity index is 459. The van der Waals surface area contributed by atoms with Gasteiger partial charge in [0.2, 0.25) is 5.91 Å². The first-order chi connectivity index (χ1) is 8.09. The third-order valence-corrected chi connectivity index (χ3v) is 3.01. The molecule has 3 N–H and O–H groups in total. The van der Waals surface area contributed by atoms with Crippen LogP contribution in [0.3, 0.4) is 0 Å². The summed E-state index contributed by atoms with van der Waals surface area (Å²) in [5, 5.41) is 9.99. The zero-order chi connectivity index (χ0) is 12.4. The molecule has 17 heavy (non-hydrogen) atoms. The number of aliphatic carboxylic acids is 1. The monoisotopic (exact) mass is 234 g/mol. The van der Waals surface area contributed by atoms with Crippen molar-refractivity contribution in [2.75, 3.05) is 6.54 Å². The Kier molecular flexibility index (Phi) is 3.10. The van der Waals surface area contributed by atoms with E-state index in [-0.39, 0.29) is 12.3 Å². The molecular formula is C12H14N2O3. The lowest BCUT2D eigenvalue weighted by Crippen LogP contribution is -2.40. The van der Waals surface area contributed by atoms with Gasteiger partial charge in [-0.3, -0.25) is 14.6 Å². The standard InChI is InChI=1S/C12H14N2O3/c13-14-6-5-8-3-1-2-4-9(8)10(12(14)17)7-11(15)16/h1-4,10H,5-7,13H2,(H,15,16)/t10-/m0/s1. The molecule has 5 nitrogen and oxygen atoms in total. The van der Waals surface area contributed by atoms with Crippen molar-refractivity contribution >= 4 is 11.9 Å². The van der Waals surface area contributed by atoms with Crippen molar-refractivity contribution in [1.82, 2.24) is 5.01 Å². The predicted molar refractivity (Wildman–Crippen MR) is 61.0 cm³/mol. The van der Waals surface area contributed by atoms with Crippen LogP contribution in [0, 0.1) is 0 Å². The normalized spacial score (nSPS) is 19.7. The van der Waals surface area contributed by atoms with E-state index in [9.17, 15) is 9.59 Å². The Morgan fingerprint density at radius 1 is 1.47 bits per heavy atom. The van der Waals surface area contributed by atoms with E-state index in [0.717, 1.165) is 16.1 Å². The van der Waals surface area contributed by atoms with Crippen LogP contribution < -0.4 is 5.84 Å². The van der Waals surface area contributed by atoms with Crippen LogP contribution in [0.5, 0.6) is 0 Å². The fourth-order valence-corrected chi connectivity index (χ4v) is 2.16. The molecule has 0 fully saturated rings. The number of rotatable bonds is 2. The molecule has 0 aliphatic carbocycles. The number of fused-ring (bicyclic) bond motifs is 1. The molecule has 0 spiro atoms. The molecule has 1 atom stereocenters. The molecule has 2 rings (SSSR count). The van der Waals surface area contributed by atoms with Gasteiger partial charge in [0, 0.05) is 6.54 Å². The Balaban J connectivity index is 2.43. The lowest BCUT2D eigenvalue weighted by atomic mass is 9.91. The van der Waals surface area contributed by atoms with E-state index < -0.39 is 11.9 Å². The molecule has 0 saturated carbocycles. The molecule has 1 amide bonds. The summed E-state index contributed by atoms with van der Waals surface area (Å²) in [5.74, 6) is 3.63. The average molecular weight is 234 g/mol. The van der Waals surface area contributed by atoms with Crippen LogP contribution in [0.4, 0.5) is 0 Å². The third kappa shape index (κ3) is 2.29. The second-order valence-corrected chi connectivity index (χ2v) is 4.13. The first-order valence-electron chi connectivity index (χ1n) is 5.45. The summed E-state index contributed by atoms with van der Waals surface area (Å²) in [4.78, 5) is 22.8. The van der Waals surface area contributed by atoms with Gasteiger partial charge in [-0.15, -0.1) is 0 Å². The summed E-state index contributed by atoms with van der Waals surface area (Å²) in [6.45, 7) is 0.423. The van der Waals surface area contributed by atoms with E-state index >= 15 is 0 Å². The Morgan fingerprint density at radius 3 is 2.88 bits per heavy atom. The first-order valence-corrected chi connectivity index (χ1v) is 5.45. The molecule has 1 aromatic carbocycles. The van der Waals surface area contributed by atoms with Crippen molar-refractivity contribution < 1.29 is 14.7 Å². The van der Waals surface area contributed by atoms with Crippen molar-refractivity contribution in [3.63, 3.8) is 0 Å². The van der Waals surface area contributed by atoms with E-state index in [4.69, 9.17) is 10.9 Å². The van der Waals surface area contributed by atoms with Crippen molar-refractivity contribution in [2.45, 2.75) is 18.8 Å². The number of nitrogens with two attached hydrogens (primary N) is 1. The maximum Gasteiger partial charge on any atom is 0.304 e. The third-order valence-electron chi connectivity index (χ3n) is 3.01. The minimum absolute atomic E-state index is 0.219. The van der Waals surface area contributed by atoms with E-state index in [2.05, 4.69) is 0 Å². The van der Waals surface area contributed by atoms with Gasteiger partial charge in [0.1, 0.15) is 0 Å². The van der Waals surface area contributed by atoms with Gasteiger partial charge < -0.3 is 5.11 Å². The van der Waals surface area contributed by atoms with Gasteiger partial charge in [-0.2, -0.15) is 0 Å². The highest BCUT2D eigenvalue weighted by Gasteiger charge is 2.30. The molecule has 90 valence electrons.